The second-order valence-corrected chi connectivity index (χ2v) is 9.25. The van der Waals surface area contributed by atoms with E-state index >= 15 is 0 Å². The molecule has 2 aromatic heterocycles. The first kappa shape index (κ1) is 20.2. The largest absolute Gasteiger partial charge is 0.497 e. The summed E-state index contributed by atoms with van der Waals surface area (Å²) in [6.45, 7) is 4.80. The van der Waals surface area contributed by atoms with Gasteiger partial charge >= 0.3 is 0 Å². The molecule has 3 fully saturated rings. The van der Waals surface area contributed by atoms with Crippen LogP contribution in [-0.2, 0) is 0 Å². The van der Waals surface area contributed by atoms with Gasteiger partial charge < -0.3 is 14.6 Å². The molecule has 2 aromatic carbocycles. The number of anilines is 1. The van der Waals surface area contributed by atoms with Crippen molar-refractivity contribution in [2.75, 3.05) is 25.5 Å². The van der Waals surface area contributed by atoms with Crippen molar-refractivity contribution in [1.29, 1.82) is 0 Å². The summed E-state index contributed by atoms with van der Waals surface area (Å²) in [6, 6.07) is 21.9. The fourth-order valence-electron chi connectivity index (χ4n) is 5.55. The van der Waals surface area contributed by atoms with E-state index in [1.54, 1.807) is 7.11 Å². The monoisotopic (exact) mass is 439 g/mol. The van der Waals surface area contributed by atoms with Crippen LogP contribution in [0, 0.1) is 5.92 Å². The number of methoxy groups -OCH3 is 1. The van der Waals surface area contributed by atoms with E-state index < -0.39 is 0 Å². The minimum Gasteiger partial charge on any atom is -0.497 e. The highest BCUT2D eigenvalue weighted by Gasteiger charge is 2.39. The smallest absolute Gasteiger partial charge is 0.148 e. The zero-order valence-electron chi connectivity index (χ0n) is 19.1. The summed E-state index contributed by atoms with van der Waals surface area (Å²) in [6.07, 6.45) is 4.66. The summed E-state index contributed by atoms with van der Waals surface area (Å²) < 4.78 is 7.47. The first-order valence-electron chi connectivity index (χ1n) is 11.8. The van der Waals surface area contributed by atoms with Crippen LogP contribution in [0.3, 0.4) is 0 Å². The molecule has 168 valence electrons. The molecule has 0 radical (unpaired) electrons. The average molecular weight is 440 g/mol. The van der Waals surface area contributed by atoms with Gasteiger partial charge in [-0.25, -0.2) is 0 Å². The molecule has 2 unspecified atom stereocenters. The third-order valence-corrected chi connectivity index (χ3v) is 7.49. The molecule has 0 aliphatic carbocycles. The molecule has 5 heterocycles. The van der Waals surface area contributed by atoms with Gasteiger partial charge in [-0.05, 0) is 93.4 Å². The zero-order chi connectivity index (χ0) is 22.4. The van der Waals surface area contributed by atoms with Gasteiger partial charge in [-0.1, -0.05) is 6.07 Å². The predicted octanol–water partition coefficient (Wildman–Crippen LogP) is 4.99. The van der Waals surface area contributed by atoms with Gasteiger partial charge in [0.1, 0.15) is 11.6 Å². The Kier molecular flexibility index (Phi) is 5.03. The highest BCUT2D eigenvalue weighted by Crippen LogP contribution is 2.34. The predicted molar refractivity (Wildman–Crippen MR) is 132 cm³/mol. The first-order valence-corrected chi connectivity index (χ1v) is 11.8. The number of nitrogens with one attached hydrogen (secondary N) is 1. The van der Waals surface area contributed by atoms with E-state index in [9.17, 15) is 0 Å². The number of fused-ring (bicyclic) bond motifs is 4. The molecule has 33 heavy (non-hydrogen) atoms. The van der Waals surface area contributed by atoms with Crippen molar-refractivity contribution >= 4 is 16.7 Å². The molecule has 2 atom stereocenters. The quantitative estimate of drug-likeness (QED) is 0.475. The summed E-state index contributed by atoms with van der Waals surface area (Å²) in [5, 5.41) is 13.9. The number of hydrogen-bond donors (Lipinski definition) is 1. The van der Waals surface area contributed by atoms with Gasteiger partial charge in [0.2, 0.25) is 0 Å². The Morgan fingerprint density at radius 1 is 0.939 bits per heavy atom. The second kappa shape index (κ2) is 8.19. The number of nitrogens with zero attached hydrogens (tertiary/aromatic N) is 4. The number of piperidine rings is 3. The van der Waals surface area contributed by atoms with Gasteiger partial charge in [-0.15, -0.1) is 10.2 Å². The molecule has 2 bridgehead atoms. The molecule has 0 saturated carbocycles. The molecule has 6 nitrogen and oxygen atoms in total. The van der Waals surface area contributed by atoms with Crippen LogP contribution < -0.4 is 10.1 Å². The maximum atomic E-state index is 5.28. The molecule has 4 aromatic rings. The maximum absolute atomic E-state index is 5.28. The fraction of sp³-hybridized carbons (Fsp3) is 0.333. The van der Waals surface area contributed by atoms with Crippen LogP contribution in [-0.4, -0.2) is 51.9 Å². The molecule has 6 heteroatoms. The third-order valence-electron chi connectivity index (χ3n) is 7.49. The number of hydrogen-bond acceptors (Lipinski definition) is 5. The van der Waals surface area contributed by atoms with Crippen LogP contribution >= 0.6 is 0 Å². The summed E-state index contributed by atoms with van der Waals surface area (Å²) >= 11 is 0. The molecule has 0 spiro atoms. The number of benzene rings is 2. The van der Waals surface area contributed by atoms with Crippen LogP contribution in [0.2, 0.25) is 0 Å². The molecular formula is C27H29N5O. The van der Waals surface area contributed by atoms with Crippen LogP contribution in [0.15, 0.2) is 66.9 Å². The van der Waals surface area contributed by atoms with Crippen molar-refractivity contribution < 1.29 is 4.74 Å². The van der Waals surface area contributed by atoms with Gasteiger partial charge in [0.25, 0.3) is 0 Å². The molecule has 0 amide bonds. The van der Waals surface area contributed by atoms with Gasteiger partial charge in [0, 0.05) is 34.9 Å². The van der Waals surface area contributed by atoms with Crippen LogP contribution in [0.4, 0.5) is 5.82 Å². The van der Waals surface area contributed by atoms with E-state index in [4.69, 9.17) is 4.74 Å². The molecule has 7 rings (SSSR count). The van der Waals surface area contributed by atoms with Gasteiger partial charge in [-0.2, -0.15) is 0 Å². The van der Waals surface area contributed by atoms with Crippen molar-refractivity contribution in [1.82, 2.24) is 19.7 Å². The van der Waals surface area contributed by atoms with Crippen LogP contribution in [0.1, 0.15) is 19.8 Å². The van der Waals surface area contributed by atoms with Crippen molar-refractivity contribution in [3.63, 3.8) is 0 Å². The second-order valence-electron chi connectivity index (χ2n) is 9.25. The van der Waals surface area contributed by atoms with E-state index in [0.29, 0.717) is 12.1 Å². The molecule has 3 aliphatic rings. The van der Waals surface area contributed by atoms with Crippen LogP contribution in [0.5, 0.6) is 5.75 Å². The average Bonchev–Trinajstić information content (AvgIpc) is 3.30. The lowest BCUT2D eigenvalue weighted by atomic mass is 9.79. The third kappa shape index (κ3) is 3.64. The zero-order valence-corrected chi connectivity index (χ0v) is 19.1. The molecule has 3 aliphatic heterocycles. The lowest BCUT2D eigenvalue weighted by Gasteiger charge is -2.50. The molecule has 1 N–H and O–H groups in total. The SMILES string of the molecule is COc1ccc(-n2ccc3cc(-c4ccc(NC5C6CCN(CC6)C5C)nn4)ccc32)cc1. The highest BCUT2D eigenvalue weighted by atomic mass is 16.5. The van der Waals surface area contributed by atoms with E-state index in [1.807, 2.05) is 12.1 Å². The van der Waals surface area contributed by atoms with Crippen molar-refractivity contribution in [3.8, 4) is 22.7 Å². The Morgan fingerprint density at radius 2 is 1.76 bits per heavy atom. The summed E-state index contributed by atoms with van der Waals surface area (Å²) in [5.41, 5.74) is 4.23. The van der Waals surface area contributed by atoms with Crippen molar-refractivity contribution in [2.24, 2.45) is 5.92 Å². The normalized spacial score (nSPS) is 24.2. The molecule has 3 saturated heterocycles. The minimum atomic E-state index is 0.460. The Bertz CT molecular complexity index is 1250. The van der Waals surface area contributed by atoms with Gasteiger partial charge in [0.05, 0.1) is 18.3 Å². The first-order chi connectivity index (χ1) is 16.2. The standard InChI is InChI=1S/C27H29N5O/c1-18-27(19-11-14-31(18)15-12-19)28-26-10-8-24(29-30-26)20-3-9-25-21(17-20)13-16-32(25)22-4-6-23(33-2)7-5-22/h3-10,13,16-19,27H,11-12,14-15H2,1-2H3,(H,28,30). The topological polar surface area (TPSA) is 55.2 Å². The Morgan fingerprint density at radius 3 is 2.45 bits per heavy atom. The Balaban J connectivity index is 1.22. The molecular weight excluding hydrogens is 410 g/mol. The Labute approximate surface area is 194 Å². The van der Waals surface area contributed by atoms with Crippen LogP contribution in [0.25, 0.3) is 27.8 Å². The minimum absolute atomic E-state index is 0.460. The van der Waals surface area contributed by atoms with E-state index in [2.05, 4.69) is 86.6 Å². The lowest BCUT2D eigenvalue weighted by molar-refractivity contribution is 0.0457. The lowest BCUT2D eigenvalue weighted by Crippen LogP contribution is -2.59. The van der Waals surface area contributed by atoms with E-state index in [0.717, 1.165) is 39.9 Å². The Hall–Kier alpha value is -3.38. The summed E-state index contributed by atoms with van der Waals surface area (Å²) in [4.78, 5) is 2.59. The van der Waals surface area contributed by atoms with Gasteiger partial charge in [-0.3, -0.25) is 4.90 Å². The van der Waals surface area contributed by atoms with E-state index in [1.165, 1.54) is 31.3 Å². The van der Waals surface area contributed by atoms with E-state index in [-0.39, 0.29) is 0 Å². The van der Waals surface area contributed by atoms with Crippen molar-refractivity contribution in [2.45, 2.75) is 31.8 Å². The number of ether oxygens (including phenoxy) is 1. The van der Waals surface area contributed by atoms with Gasteiger partial charge in [0.15, 0.2) is 0 Å². The number of aromatic nitrogens is 3. The summed E-state index contributed by atoms with van der Waals surface area (Å²) in [5.74, 6) is 2.47. The van der Waals surface area contributed by atoms with Crippen molar-refractivity contribution in [3.05, 3.63) is 66.9 Å². The fourth-order valence-corrected chi connectivity index (χ4v) is 5.55. The highest BCUT2D eigenvalue weighted by molar-refractivity contribution is 5.86. The maximum Gasteiger partial charge on any atom is 0.148 e. The summed E-state index contributed by atoms with van der Waals surface area (Å²) in [7, 11) is 1.69. The number of rotatable bonds is 5.